The summed E-state index contributed by atoms with van der Waals surface area (Å²) in [5.74, 6) is -0.0813. The largest absolute Gasteiger partial charge is 0.496 e. The Morgan fingerprint density at radius 3 is 2.64 bits per heavy atom. The van der Waals surface area contributed by atoms with E-state index in [0.717, 1.165) is 10.6 Å². The molecule has 3 rings (SSSR count). The molecule has 0 unspecified atom stereocenters. The van der Waals surface area contributed by atoms with Gasteiger partial charge in [0, 0.05) is 12.5 Å². The van der Waals surface area contributed by atoms with E-state index in [4.69, 9.17) is 9.47 Å². The lowest BCUT2D eigenvalue weighted by atomic mass is 10.2. The Balaban J connectivity index is 1.76. The third-order valence-corrected chi connectivity index (χ3v) is 5.48. The summed E-state index contributed by atoms with van der Waals surface area (Å²) in [6, 6.07) is 6.98. The van der Waals surface area contributed by atoms with Crippen LogP contribution in [0.15, 0.2) is 29.6 Å². The number of benzene rings is 1. The summed E-state index contributed by atoms with van der Waals surface area (Å²) < 4.78 is 10.0. The summed E-state index contributed by atoms with van der Waals surface area (Å²) in [6.45, 7) is 1.81. The number of aromatic nitrogens is 2. The van der Waals surface area contributed by atoms with E-state index >= 15 is 0 Å². The van der Waals surface area contributed by atoms with Gasteiger partial charge in [0.2, 0.25) is 0 Å². The zero-order chi connectivity index (χ0) is 20.1. The average Bonchev–Trinajstić information content (AvgIpc) is 3.27. The number of hydrogen-bond donors (Lipinski definition) is 2. The molecule has 0 radical (unpaired) electrons. The Morgan fingerprint density at radius 2 is 1.89 bits per heavy atom. The Labute approximate surface area is 169 Å². The number of para-hydroxylation sites is 1. The molecule has 0 atom stereocenters. The predicted octanol–water partition coefficient (Wildman–Crippen LogP) is 3.42. The van der Waals surface area contributed by atoms with Crippen molar-refractivity contribution < 1.29 is 19.1 Å². The topological polar surface area (TPSA) is 102 Å². The Hall–Kier alpha value is -2.82. The van der Waals surface area contributed by atoms with E-state index in [-0.39, 0.29) is 18.4 Å². The Kier molecular flexibility index (Phi) is 6.34. The van der Waals surface area contributed by atoms with Crippen molar-refractivity contribution in [1.82, 2.24) is 9.97 Å². The fourth-order valence-corrected chi connectivity index (χ4v) is 4.12. The van der Waals surface area contributed by atoms with E-state index in [1.165, 1.54) is 36.9 Å². The maximum Gasteiger partial charge on any atom is 0.261 e. The number of amides is 2. The van der Waals surface area contributed by atoms with Crippen LogP contribution in [0.3, 0.4) is 0 Å². The number of anilines is 2. The molecule has 0 aliphatic rings. The molecule has 0 fully saturated rings. The van der Waals surface area contributed by atoms with E-state index in [2.05, 4.69) is 20.6 Å². The summed E-state index contributed by atoms with van der Waals surface area (Å²) in [5, 5.41) is 8.23. The van der Waals surface area contributed by atoms with Gasteiger partial charge in [-0.1, -0.05) is 23.5 Å². The van der Waals surface area contributed by atoms with Crippen LogP contribution >= 0.6 is 22.7 Å². The summed E-state index contributed by atoms with van der Waals surface area (Å²) in [5.41, 5.74) is 1.85. The average molecular weight is 419 g/mol. The molecular formula is C18H18N4O4S2. The van der Waals surface area contributed by atoms with Crippen molar-refractivity contribution in [1.29, 1.82) is 0 Å². The molecule has 2 aromatic heterocycles. The highest BCUT2D eigenvalue weighted by molar-refractivity contribution is 7.20. The fourth-order valence-electron chi connectivity index (χ4n) is 2.41. The number of nitrogens with one attached hydrogen (secondary N) is 2. The number of hydrogen-bond acceptors (Lipinski definition) is 8. The normalized spacial score (nSPS) is 10.5. The first kappa shape index (κ1) is 19.9. The highest BCUT2D eigenvalue weighted by Gasteiger charge is 2.17. The van der Waals surface area contributed by atoms with Crippen molar-refractivity contribution in [3.63, 3.8) is 0 Å². The molecule has 2 amide bonds. The van der Waals surface area contributed by atoms with E-state index in [0.29, 0.717) is 27.3 Å². The van der Waals surface area contributed by atoms with Gasteiger partial charge in [0.05, 0.1) is 28.9 Å². The van der Waals surface area contributed by atoms with Crippen LogP contribution in [0, 0.1) is 6.92 Å². The van der Waals surface area contributed by atoms with E-state index in [9.17, 15) is 9.59 Å². The second kappa shape index (κ2) is 8.91. The first-order chi connectivity index (χ1) is 13.5. The molecule has 0 saturated carbocycles. The molecule has 1 aromatic carbocycles. The van der Waals surface area contributed by atoms with Crippen molar-refractivity contribution in [3.05, 3.63) is 40.9 Å². The minimum absolute atomic E-state index is 0.0341. The molecule has 3 aromatic rings. The molecule has 0 saturated heterocycles. The van der Waals surface area contributed by atoms with Crippen molar-refractivity contribution in [2.24, 2.45) is 0 Å². The predicted molar refractivity (Wildman–Crippen MR) is 109 cm³/mol. The van der Waals surface area contributed by atoms with Crippen LogP contribution in [0.25, 0.3) is 10.6 Å². The van der Waals surface area contributed by atoms with Crippen molar-refractivity contribution in [2.45, 2.75) is 6.92 Å². The standard InChI is InChI=1S/C18H18N4O4S2/c1-10-15(12-9-27-17(20-12)21-14(23)8-25-2)28-18(19-10)22-16(24)11-6-4-5-7-13(11)26-3/h4-7,9H,8H2,1-3H3,(H,19,22,24)(H,20,21,23). The van der Waals surface area contributed by atoms with Crippen molar-refractivity contribution in [3.8, 4) is 16.3 Å². The van der Waals surface area contributed by atoms with E-state index < -0.39 is 0 Å². The lowest BCUT2D eigenvalue weighted by molar-refractivity contribution is -0.119. The molecular weight excluding hydrogens is 400 g/mol. The molecule has 28 heavy (non-hydrogen) atoms. The molecule has 0 aliphatic heterocycles. The molecule has 10 heteroatoms. The quantitative estimate of drug-likeness (QED) is 0.609. The number of rotatable bonds is 7. The summed E-state index contributed by atoms with van der Waals surface area (Å²) in [6.07, 6.45) is 0. The van der Waals surface area contributed by atoms with Gasteiger partial charge in [-0.25, -0.2) is 9.97 Å². The fraction of sp³-hybridized carbons (Fsp3) is 0.222. The smallest absolute Gasteiger partial charge is 0.261 e. The van der Waals surface area contributed by atoms with Gasteiger partial charge in [-0.05, 0) is 19.1 Å². The van der Waals surface area contributed by atoms with E-state index in [1.807, 2.05) is 12.3 Å². The molecule has 8 nitrogen and oxygen atoms in total. The first-order valence-electron chi connectivity index (χ1n) is 8.18. The minimum atomic E-state index is -0.302. The lowest BCUT2D eigenvalue weighted by Gasteiger charge is -2.06. The van der Waals surface area contributed by atoms with Crippen LogP contribution in [0.5, 0.6) is 5.75 Å². The van der Waals surface area contributed by atoms with Crippen molar-refractivity contribution >= 4 is 44.8 Å². The summed E-state index contributed by atoms with van der Waals surface area (Å²) in [4.78, 5) is 33.8. The van der Waals surface area contributed by atoms with Crippen LogP contribution in [0.1, 0.15) is 16.1 Å². The second-order valence-corrected chi connectivity index (χ2v) is 7.46. The number of carbonyl (C=O) groups is 2. The van der Waals surface area contributed by atoms with Gasteiger partial charge in [0.15, 0.2) is 10.3 Å². The number of aryl methyl sites for hydroxylation is 1. The molecule has 0 aliphatic carbocycles. The zero-order valence-electron chi connectivity index (χ0n) is 15.4. The SMILES string of the molecule is COCC(=O)Nc1nc(-c2sc(NC(=O)c3ccccc3OC)nc2C)cs1. The molecule has 146 valence electrons. The second-order valence-electron chi connectivity index (χ2n) is 5.61. The van der Waals surface area contributed by atoms with Gasteiger partial charge < -0.3 is 9.47 Å². The third kappa shape index (κ3) is 4.53. The molecule has 0 bridgehead atoms. The number of ether oxygens (including phenoxy) is 2. The number of thiazole rings is 2. The van der Waals surface area contributed by atoms with Crippen LogP contribution in [0.2, 0.25) is 0 Å². The monoisotopic (exact) mass is 418 g/mol. The molecule has 0 spiro atoms. The molecule has 2 heterocycles. The summed E-state index contributed by atoms with van der Waals surface area (Å²) in [7, 11) is 2.97. The van der Waals surface area contributed by atoms with Crippen LogP contribution in [-0.2, 0) is 9.53 Å². The van der Waals surface area contributed by atoms with Crippen LogP contribution in [0.4, 0.5) is 10.3 Å². The lowest BCUT2D eigenvalue weighted by Crippen LogP contribution is -2.16. The van der Waals surface area contributed by atoms with Gasteiger partial charge in [-0.2, -0.15) is 0 Å². The third-order valence-electron chi connectivity index (χ3n) is 3.63. The van der Waals surface area contributed by atoms with Crippen LogP contribution < -0.4 is 15.4 Å². The number of carbonyl (C=O) groups excluding carboxylic acids is 2. The molecule has 2 N–H and O–H groups in total. The van der Waals surface area contributed by atoms with Crippen LogP contribution in [-0.4, -0.2) is 42.6 Å². The van der Waals surface area contributed by atoms with Gasteiger partial charge in [-0.15, -0.1) is 11.3 Å². The first-order valence-corrected chi connectivity index (χ1v) is 9.88. The highest BCUT2D eigenvalue weighted by Crippen LogP contribution is 2.35. The summed E-state index contributed by atoms with van der Waals surface area (Å²) >= 11 is 2.62. The van der Waals surface area contributed by atoms with E-state index in [1.54, 1.807) is 24.3 Å². The maximum absolute atomic E-state index is 12.5. The van der Waals surface area contributed by atoms with Gasteiger partial charge in [0.1, 0.15) is 12.4 Å². The van der Waals surface area contributed by atoms with Gasteiger partial charge >= 0.3 is 0 Å². The minimum Gasteiger partial charge on any atom is -0.496 e. The highest BCUT2D eigenvalue weighted by atomic mass is 32.1. The Bertz CT molecular complexity index is 999. The maximum atomic E-state index is 12.5. The van der Waals surface area contributed by atoms with Crippen molar-refractivity contribution in [2.75, 3.05) is 31.5 Å². The van der Waals surface area contributed by atoms with Gasteiger partial charge in [0.25, 0.3) is 11.8 Å². The number of methoxy groups -OCH3 is 2. The van der Waals surface area contributed by atoms with Gasteiger partial charge in [-0.3, -0.25) is 20.2 Å². The zero-order valence-corrected chi connectivity index (χ0v) is 17.1. The Morgan fingerprint density at radius 1 is 1.11 bits per heavy atom. The number of nitrogens with zero attached hydrogens (tertiary/aromatic N) is 2.